The van der Waals surface area contributed by atoms with Gasteiger partial charge in [0.2, 0.25) is 0 Å². The SMILES string of the molecule is O=C(O)c1ccccc1OCCS(=O)c1cccc(Br)c1. The van der Waals surface area contributed by atoms with Crippen LogP contribution in [-0.2, 0) is 10.8 Å². The van der Waals surface area contributed by atoms with Crippen LogP contribution in [0.2, 0.25) is 0 Å². The van der Waals surface area contributed by atoms with E-state index in [-0.39, 0.29) is 17.9 Å². The lowest BCUT2D eigenvalue weighted by Crippen LogP contribution is -2.11. The van der Waals surface area contributed by atoms with Crippen LogP contribution in [0.5, 0.6) is 5.75 Å². The first kappa shape index (κ1) is 15.7. The average molecular weight is 369 g/mol. The summed E-state index contributed by atoms with van der Waals surface area (Å²) in [5.74, 6) is -0.459. The minimum absolute atomic E-state index is 0.103. The fraction of sp³-hybridized carbons (Fsp3) is 0.133. The molecule has 2 aromatic carbocycles. The molecule has 0 aliphatic heterocycles. The van der Waals surface area contributed by atoms with E-state index in [9.17, 15) is 9.00 Å². The number of hydrogen-bond donors (Lipinski definition) is 1. The van der Waals surface area contributed by atoms with Crippen molar-refractivity contribution < 1.29 is 18.8 Å². The third-order valence-electron chi connectivity index (χ3n) is 2.70. The molecule has 1 atom stereocenters. The highest BCUT2D eigenvalue weighted by Crippen LogP contribution is 2.18. The van der Waals surface area contributed by atoms with Gasteiger partial charge < -0.3 is 9.84 Å². The van der Waals surface area contributed by atoms with Crippen molar-refractivity contribution in [3.63, 3.8) is 0 Å². The molecule has 0 radical (unpaired) electrons. The molecule has 0 saturated heterocycles. The minimum atomic E-state index is -1.19. The number of halogens is 1. The molecule has 0 aliphatic rings. The van der Waals surface area contributed by atoms with E-state index in [0.29, 0.717) is 10.6 Å². The van der Waals surface area contributed by atoms with Gasteiger partial charge in [0.05, 0.1) is 16.6 Å². The zero-order valence-corrected chi connectivity index (χ0v) is 13.4. The Morgan fingerprint density at radius 1 is 1.19 bits per heavy atom. The Morgan fingerprint density at radius 2 is 1.95 bits per heavy atom. The summed E-state index contributed by atoms with van der Waals surface area (Å²) in [4.78, 5) is 11.7. The van der Waals surface area contributed by atoms with E-state index in [4.69, 9.17) is 9.84 Å². The van der Waals surface area contributed by atoms with Crippen LogP contribution in [0.4, 0.5) is 0 Å². The van der Waals surface area contributed by atoms with Gasteiger partial charge in [-0.25, -0.2) is 4.79 Å². The zero-order valence-electron chi connectivity index (χ0n) is 11.0. The predicted molar refractivity (Wildman–Crippen MR) is 84.3 cm³/mol. The molecule has 2 aromatic rings. The highest BCUT2D eigenvalue weighted by molar-refractivity contribution is 9.10. The Balaban J connectivity index is 1.96. The molecular formula is C15H13BrO4S. The van der Waals surface area contributed by atoms with Crippen LogP contribution in [0, 0.1) is 0 Å². The van der Waals surface area contributed by atoms with E-state index in [0.717, 1.165) is 4.47 Å². The summed E-state index contributed by atoms with van der Waals surface area (Å²) >= 11 is 3.33. The second-order valence-corrected chi connectivity index (χ2v) is 6.64. The number of hydrogen-bond acceptors (Lipinski definition) is 3. The van der Waals surface area contributed by atoms with Crippen molar-refractivity contribution in [1.29, 1.82) is 0 Å². The molecule has 0 saturated carbocycles. The van der Waals surface area contributed by atoms with Gasteiger partial charge in [0.25, 0.3) is 0 Å². The summed E-state index contributed by atoms with van der Waals surface area (Å²) in [6.07, 6.45) is 0. The van der Waals surface area contributed by atoms with Crippen molar-refractivity contribution in [2.75, 3.05) is 12.4 Å². The first-order valence-electron chi connectivity index (χ1n) is 6.17. The monoisotopic (exact) mass is 368 g/mol. The Bertz CT molecular complexity index is 672. The molecule has 0 aliphatic carbocycles. The molecule has 21 heavy (non-hydrogen) atoms. The van der Waals surface area contributed by atoms with Gasteiger partial charge >= 0.3 is 5.97 Å². The predicted octanol–water partition coefficient (Wildman–Crippen LogP) is 3.33. The van der Waals surface area contributed by atoms with Crippen molar-refractivity contribution in [1.82, 2.24) is 0 Å². The lowest BCUT2D eigenvalue weighted by Gasteiger charge is -2.09. The summed E-state index contributed by atoms with van der Waals surface area (Å²) in [5.41, 5.74) is 0.103. The van der Waals surface area contributed by atoms with E-state index in [1.165, 1.54) is 6.07 Å². The van der Waals surface area contributed by atoms with Crippen LogP contribution < -0.4 is 4.74 Å². The van der Waals surface area contributed by atoms with Gasteiger partial charge in [0, 0.05) is 9.37 Å². The molecule has 1 N–H and O–H groups in total. The topological polar surface area (TPSA) is 63.6 Å². The highest BCUT2D eigenvalue weighted by Gasteiger charge is 2.11. The number of carboxylic acids is 1. The second kappa shape index (κ2) is 7.38. The van der Waals surface area contributed by atoms with Gasteiger partial charge in [0.1, 0.15) is 17.9 Å². The van der Waals surface area contributed by atoms with Crippen molar-refractivity contribution in [3.8, 4) is 5.75 Å². The summed E-state index contributed by atoms with van der Waals surface area (Å²) in [6, 6.07) is 13.7. The van der Waals surface area contributed by atoms with Crippen LogP contribution in [0.3, 0.4) is 0 Å². The van der Waals surface area contributed by atoms with E-state index < -0.39 is 16.8 Å². The maximum Gasteiger partial charge on any atom is 0.339 e. The van der Waals surface area contributed by atoms with Gasteiger partial charge in [-0.3, -0.25) is 4.21 Å². The summed E-state index contributed by atoms with van der Waals surface area (Å²) < 4.78 is 18.4. The number of carboxylic acid groups (broad SMARTS) is 1. The van der Waals surface area contributed by atoms with Crippen molar-refractivity contribution in [2.24, 2.45) is 0 Å². The molecule has 0 bridgehead atoms. The highest BCUT2D eigenvalue weighted by atomic mass is 79.9. The first-order chi connectivity index (χ1) is 10.1. The van der Waals surface area contributed by atoms with E-state index in [1.54, 1.807) is 30.3 Å². The largest absolute Gasteiger partial charge is 0.492 e. The van der Waals surface area contributed by atoms with Crippen molar-refractivity contribution >= 4 is 32.7 Å². The molecule has 0 fully saturated rings. The zero-order chi connectivity index (χ0) is 15.2. The standard InChI is InChI=1S/C15H13BrO4S/c16-11-4-3-5-12(10-11)21(19)9-8-20-14-7-2-1-6-13(14)15(17)18/h1-7,10H,8-9H2,(H,17,18). The molecule has 1 unspecified atom stereocenters. The minimum Gasteiger partial charge on any atom is -0.492 e. The maximum atomic E-state index is 12.1. The summed E-state index contributed by atoms with van der Waals surface area (Å²) in [5, 5.41) is 9.04. The van der Waals surface area contributed by atoms with Gasteiger partial charge in [-0.1, -0.05) is 34.1 Å². The fourth-order valence-corrected chi connectivity index (χ4v) is 3.23. The van der Waals surface area contributed by atoms with Crippen LogP contribution in [-0.4, -0.2) is 27.6 Å². The lowest BCUT2D eigenvalue weighted by molar-refractivity contribution is 0.0692. The van der Waals surface area contributed by atoms with E-state index in [2.05, 4.69) is 15.9 Å². The van der Waals surface area contributed by atoms with Crippen LogP contribution in [0.15, 0.2) is 57.9 Å². The normalized spacial score (nSPS) is 11.9. The Kier molecular flexibility index (Phi) is 5.52. The number of benzene rings is 2. The number of carbonyl (C=O) groups is 1. The lowest BCUT2D eigenvalue weighted by atomic mass is 10.2. The molecule has 0 spiro atoms. The summed E-state index contributed by atoms with van der Waals surface area (Å²) in [7, 11) is -1.19. The van der Waals surface area contributed by atoms with E-state index in [1.807, 2.05) is 12.1 Å². The Hall–Kier alpha value is -1.66. The number of aromatic carboxylic acids is 1. The van der Waals surface area contributed by atoms with Gasteiger partial charge in [-0.05, 0) is 30.3 Å². The summed E-state index contributed by atoms with van der Waals surface area (Å²) in [6.45, 7) is 0.184. The molecule has 110 valence electrons. The molecule has 0 heterocycles. The van der Waals surface area contributed by atoms with E-state index >= 15 is 0 Å². The maximum absolute atomic E-state index is 12.1. The molecule has 0 amide bonds. The molecule has 0 aromatic heterocycles. The molecule has 4 nitrogen and oxygen atoms in total. The third-order valence-corrected chi connectivity index (χ3v) is 4.51. The van der Waals surface area contributed by atoms with Crippen LogP contribution in [0.1, 0.15) is 10.4 Å². The smallest absolute Gasteiger partial charge is 0.339 e. The van der Waals surface area contributed by atoms with Gasteiger partial charge in [0.15, 0.2) is 0 Å². The third kappa shape index (κ3) is 4.41. The Morgan fingerprint density at radius 3 is 2.67 bits per heavy atom. The van der Waals surface area contributed by atoms with Crippen LogP contribution >= 0.6 is 15.9 Å². The molecule has 2 rings (SSSR count). The molecular weight excluding hydrogens is 356 g/mol. The van der Waals surface area contributed by atoms with Crippen molar-refractivity contribution in [3.05, 3.63) is 58.6 Å². The number of rotatable bonds is 6. The quantitative estimate of drug-likeness (QED) is 0.849. The van der Waals surface area contributed by atoms with Gasteiger partial charge in [-0.2, -0.15) is 0 Å². The van der Waals surface area contributed by atoms with Crippen molar-refractivity contribution in [2.45, 2.75) is 4.90 Å². The first-order valence-corrected chi connectivity index (χ1v) is 8.28. The number of para-hydroxylation sites is 1. The fourth-order valence-electron chi connectivity index (χ4n) is 1.72. The van der Waals surface area contributed by atoms with Crippen LogP contribution in [0.25, 0.3) is 0 Å². The second-order valence-electron chi connectivity index (χ2n) is 4.16. The number of ether oxygens (including phenoxy) is 1. The Labute approximate surface area is 133 Å². The van der Waals surface area contributed by atoms with Gasteiger partial charge in [-0.15, -0.1) is 0 Å². The molecule has 6 heteroatoms. The average Bonchev–Trinajstić information content (AvgIpc) is 2.47.